The third-order valence-corrected chi connectivity index (χ3v) is 6.57. The molecule has 8 heteroatoms. The highest BCUT2D eigenvalue weighted by Gasteiger charge is 2.47. The van der Waals surface area contributed by atoms with Crippen LogP contribution in [0.3, 0.4) is 0 Å². The topological polar surface area (TPSA) is 94.5 Å². The van der Waals surface area contributed by atoms with Gasteiger partial charge in [-0.1, -0.05) is 18.2 Å². The molecular formula is C30H31NO7. The summed E-state index contributed by atoms with van der Waals surface area (Å²) < 4.78 is 22.2. The lowest BCUT2D eigenvalue weighted by atomic mass is 9.94. The Morgan fingerprint density at radius 3 is 2.08 bits per heavy atom. The number of aliphatic hydroxyl groups is 1. The van der Waals surface area contributed by atoms with Crippen LogP contribution in [-0.4, -0.2) is 44.7 Å². The number of aryl methyl sites for hydroxylation is 2. The normalized spacial score (nSPS) is 16.5. The SMILES string of the molecule is CCOc1ccc(/C(O)=C2\C(=O)C(=O)N(c3ccccc3C)C2c2cc(OC)c(OC)c(OC)c2)cc1C. The van der Waals surface area contributed by atoms with Crippen LogP contribution in [0.15, 0.2) is 60.2 Å². The van der Waals surface area contributed by atoms with Crippen LogP contribution in [-0.2, 0) is 9.59 Å². The Hall–Kier alpha value is -4.46. The van der Waals surface area contributed by atoms with E-state index in [0.29, 0.717) is 46.4 Å². The number of carbonyl (C=O) groups is 2. The number of para-hydroxylation sites is 1. The van der Waals surface area contributed by atoms with E-state index in [1.165, 1.54) is 26.2 Å². The quantitative estimate of drug-likeness (QED) is 0.244. The van der Waals surface area contributed by atoms with Crippen LogP contribution in [0, 0.1) is 13.8 Å². The van der Waals surface area contributed by atoms with Gasteiger partial charge in [0, 0.05) is 11.3 Å². The van der Waals surface area contributed by atoms with Crippen molar-refractivity contribution in [2.24, 2.45) is 0 Å². The van der Waals surface area contributed by atoms with Gasteiger partial charge in [-0.25, -0.2) is 0 Å². The van der Waals surface area contributed by atoms with Crippen LogP contribution >= 0.6 is 0 Å². The molecule has 0 aliphatic carbocycles. The number of Topliss-reactive ketones (excluding diaryl/α,β-unsaturated/α-hetero) is 1. The first-order valence-electron chi connectivity index (χ1n) is 12.2. The summed E-state index contributed by atoms with van der Waals surface area (Å²) in [5, 5.41) is 11.5. The van der Waals surface area contributed by atoms with Crippen molar-refractivity contribution in [1.29, 1.82) is 0 Å². The molecule has 8 nitrogen and oxygen atoms in total. The number of nitrogens with zero attached hydrogens (tertiary/aromatic N) is 1. The smallest absolute Gasteiger partial charge is 0.300 e. The minimum atomic E-state index is -0.961. The molecule has 0 bridgehead atoms. The van der Waals surface area contributed by atoms with E-state index in [-0.39, 0.29) is 11.3 Å². The molecule has 38 heavy (non-hydrogen) atoms. The summed E-state index contributed by atoms with van der Waals surface area (Å²) in [5.41, 5.74) is 2.99. The average molecular weight is 518 g/mol. The van der Waals surface area contributed by atoms with Gasteiger partial charge in [0.1, 0.15) is 11.5 Å². The highest BCUT2D eigenvalue weighted by atomic mass is 16.5. The molecule has 198 valence electrons. The summed E-state index contributed by atoms with van der Waals surface area (Å²) in [6, 6.07) is 14.8. The zero-order valence-electron chi connectivity index (χ0n) is 22.3. The lowest BCUT2D eigenvalue weighted by Gasteiger charge is -2.27. The number of amides is 1. The summed E-state index contributed by atoms with van der Waals surface area (Å²) in [6.07, 6.45) is 0. The van der Waals surface area contributed by atoms with Crippen LogP contribution in [0.4, 0.5) is 5.69 Å². The number of rotatable bonds is 8. The van der Waals surface area contributed by atoms with Crippen molar-refractivity contribution in [2.75, 3.05) is 32.8 Å². The Labute approximate surface area is 222 Å². The minimum absolute atomic E-state index is 0.0453. The summed E-state index contributed by atoms with van der Waals surface area (Å²) in [7, 11) is 4.47. The summed E-state index contributed by atoms with van der Waals surface area (Å²) in [5.74, 6) is -0.0785. The Morgan fingerprint density at radius 1 is 0.868 bits per heavy atom. The van der Waals surface area contributed by atoms with Crippen molar-refractivity contribution in [2.45, 2.75) is 26.8 Å². The number of anilines is 1. The highest BCUT2D eigenvalue weighted by Crippen LogP contribution is 2.47. The maximum atomic E-state index is 13.6. The van der Waals surface area contributed by atoms with Gasteiger partial charge < -0.3 is 24.1 Å². The number of benzene rings is 3. The van der Waals surface area contributed by atoms with Gasteiger partial charge in [-0.2, -0.15) is 0 Å². The third-order valence-electron chi connectivity index (χ3n) is 6.57. The molecule has 0 saturated carbocycles. The third kappa shape index (κ3) is 4.53. The molecule has 1 unspecified atom stereocenters. The lowest BCUT2D eigenvalue weighted by molar-refractivity contribution is -0.132. The first-order valence-corrected chi connectivity index (χ1v) is 12.2. The second-order valence-corrected chi connectivity index (χ2v) is 8.83. The molecule has 0 spiro atoms. The highest BCUT2D eigenvalue weighted by molar-refractivity contribution is 6.51. The molecule has 1 aliphatic heterocycles. The van der Waals surface area contributed by atoms with Crippen LogP contribution in [0.1, 0.15) is 35.2 Å². The van der Waals surface area contributed by atoms with E-state index < -0.39 is 17.7 Å². The van der Waals surface area contributed by atoms with Crippen molar-refractivity contribution < 1.29 is 33.6 Å². The summed E-state index contributed by atoms with van der Waals surface area (Å²) in [4.78, 5) is 28.5. The van der Waals surface area contributed by atoms with E-state index in [1.54, 1.807) is 42.5 Å². The average Bonchev–Trinajstić information content (AvgIpc) is 3.18. The largest absolute Gasteiger partial charge is 0.507 e. The van der Waals surface area contributed by atoms with E-state index in [1.807, 2.05) is 32.9 Å². The van der Waals surface area contributed by atoms with Gasteiger partial charge in [-0.05, 0) is 73.9 Å². The molecule has 1 atom stereocenters. The van der Waals surface area contributed by atoms with Gasteiger partial charge in [0.05, 0.1) is 39.6 Å². The Balaban J connectivity index is 2.01. The molecule has 1 N–H and O–H groups in total. The van der Waals surface area contributed by atoms with E-state index in [2.05, 4.69) is 0 Å². The maximum Gasteiger partial charge on any atom is 0.300 e. The van der Waals surface area contributed by atoms with Crippen molar-refractivity contribution in [1.82, 2.24) is 0 Å². The fourth-order valence-electron chi connectivity index (χ4n) is 4.76. The molecule has 1 amide bonds. The van der Waals surface area contributed by atoms with Gasteiger partial charge in [0.2, 0.25) is 5.75 Å². The van der Waals surface area contributed by atoms with E-state index in [0.717, 1.165) is 11.1 Å². The predicted octanol–water partition coefficient (Wildman–Crippen LogP) is 5.35. The number of methoxy groups -OCH3 is 3. The molecule has 3 aromatic carbocycles. The van der Waals surface area contributed by atoms with Crippen molar-refractivity contribution >= 4 is 23.1 Å². The number of hydrogen-bond acceptors (Lipinski definition) is 7. The van der Waals surface area contributed by atoms with Gasteiger partial charge in [0.15, 0.2) is 11.5 Å². The Bertz CT molecular complexity index is 1400. The zero-order chi connectivity index (χ0) is 27.6. The maximum absolute atomic E-state index is 13.6. The number of hydrogen-bond donors (Lipinski definition) is 1. The van der Waals surface area contributed by atoms with Crippen molar-refractivity contribution in [3.63, 3.8) is 0 Å². The summed E-state index contributed by atoms with van der Waals surface area (Å²) in [6.45, 7) is 6.09. The molecule has 3 aromatic rings. The monoisotopic (exact) mass is 517 g/mol. The van der Waals surface area contributed by atoms with Crippen molar-refractivity contribution in [3.05, 3.63) is 82.4 Å². The van der Waals surface area contributed by atoms with Crippen LogP contribution in [0.5, 0.6) is 23.0 Å². The second kappa shape index (κ2) is 10.9. The Morgan fingerprint density at radius 2 is 1.53 bits per heavy atom. The Kier molecular flexibility index (Phi) is 7.62. The molecule has 1 heterocycles. The lowest BCUT2D eigenvalue weighted by Crippen LogP contribution is -2.30. The number of ether oxygens (including phenoxy) is 4. The van der Waals surface area contributed by atoms with E-state index in [9.17, 15) is 14.7 Å². The first kappa shape index (κ1) is 26.6. The zero-order valence-corrected chi connectivity index (χ0v) is 22.3. The molecule has 0 radical (unpaired) electrons. The molecule has 4 rings (SSSR count). The van der Waals surface area contributed by atoms with Crippen LogP contribution in [0.2, 0.25) is 0 Å². The fourth-order valence-corrected chi connectivity index (χ4v) is 4.76. The number of aliphatic hydroxyl groups excluding tert-OH is 1. The molecule has 0 aromatic heterocycles. The first-order chi connectivity index (χ1) is 18.3. The van der Waals surface area contributed by atoms with E-state index in [4.69, 9.17) is 18.9 Å². The van der Waals surface area contributed by atoms with Crippen molar-refractivity contribution in [3.8, 4) is 23.0 Å². The van der Waals surface area contributed by atoms with Gasteiger partial charge >= 0.3 is 0 Å². The van der Waals surface area contributed by atoms with Gasteiger partial charge in [-0.3, -0.25) is 14.5 Å². The standard InChI is InChI=1S/C30H31NO7/c1-7-38-22-13-12-19(14-18(22)3)27(32)25-26(20-15-23(35-4)29(37-6)24(16-20)36-5)31(30(34)28(25)33)21-11-9-8-10-17(21)2/h8-16,26,32H,7H2,1-6H3/b27-25+. The second-order valence-electron chi connectivity index (χ2n) is 8.83. The molecule has 1 aliphatic rings. The molecule has 1 saturated heterocycles. The van der Waals surface area contributed by atoms with Gasteiger partial charge in [-0.15, -0.1) is 0 Å². The van der Waals surface area contributed by atoms with Crippen LogP contribution in [0.25, 0.3) is 5.76 Å². The number of carbonyl (C=O) groups excluding carboxylic acids is 2. The number of ketones is 1. The van der Waals surface area contributed by atoms with E-state index >= 15 is 0 Å². The fraction of sp³-hybridized carbons (Fsp3) is 0.267. The molecule has 1 fully saturated rings. The van der Waals surface area contributed by atoms with Crippen LogP contribution < -0.4 is 23.8 Å². The summed E-state index contributed by atoms with van der Waals surface area (Å²) >= 11 is 0. The minimum Gasteiger partial charge on any atom is -0.507 e. The molecular weight excluding hydrogens is 486 g/mol. The van der Waals surface area contributed by atoms with Gasteiger partial charge in [0.25, 0.3) is 11.7 Å². The predicted molar refractivity (Wildman–Crippen MR) is 144 cm³/mol.